The second-order valence-electron chi connectivity index (χ2n) is 6.20. The third kappa shape index (κ3) is 5.57. The summed E-state index contributed by atoms with van der Waals surface area (Å²) in [6.07, 6.45) is 0.878. The van der Waals surface area contributed by atoms with E-state index >= 15 is 0 Å². The summed E-state index contributed by atoms with van der Waals surface area (Å²) >= 11 is 1.19. The number of hydrogen-bond acceptors (Lipinski definition) is 4. The Hall–Kier alpha value is -1.86. The molecule has 5 nitrogen and oxygen atoms in total. The van der Waals surface area contributed by atoms with Gasteiger partial charge in [-0.25, -0.2) is 13.2 Å². The summed E-state index contributed by atoms with van der Waals surface area (Å²) in [5.41, 5.74) is 0.665. The van der Waals surface area contributed by atoms with Crippen molar-refractivity contribution >= 4 is 27.2 Å². The van der Waals surface area contributed by atoms with E-state index in [4.69, 9.17) is 0 Å². The first-order valence-electron chi connectivity index (χ1n) is 8.25. The van der Waals surface area contributed by atoms with Crippen LogP contribution in [0.4, 0.5) is 4.79 Å². The largest absolute Gasteiger partial charge is 0.338 e. The number of carbonyl (C=O) groups is 1. The number of thiophene rings is 1. The number of amides is 2. The van der Waals surface area contributed by atoms with Crippen LogP contribution in [0.2, 0.25) is 0 Å². The van der Waals surface area contributed by atoms with E-state index in [2.05, 4.69) is 24.5 Å². The Balaban J connectivity index is 2.10. The minimum Gasteiger partial charge on any atom is -0.338 e. The number of carbonyl (C=O) groups excluding carboxylic acids is 1. The van der Waals surface area contributed by atoms with E-state index in [1.807, 2.05) is 6.07 Å². The van der Waals surface area contributed by atoms with E-state index in [1.165, 1.54) is 11.3 Å². The molecule has 2 rings (SSSR count). The van der Waals surface area contributed by atoms with Crippen LogP contribution >= 0.6 is 11.3 Å². The molecule has 2 N–H and O–H groups in total. The highest BCUT2D eigenvalue weighted by molar-refractivity contribution is 7.93. The van der Waals surface area contributed by atoms with E-state index in [0.717, 1.165) is 6.42 Å². The number of rotatable bonds is 8. The van der Waals surface area contributed by atoms with Crippen molar-refractivity contribution < 1.29 is 13.2 Å². The lowest BCUT2D eigenvalue weighted by atomic mass is 10.1. The van der Waals surface area contributed by atoms with Crippen molar-refractivity contribution in [1.29, 1.82) is 0 Å². The average molecular weight is 381 g/mol. The fraction of sp³-hybridized carbons (Fsp3) is 0.389. The SMILES string of the molecule is CC(C)CCNC(=O)NCC(c1ccccc1)S(=O)(=O)c1cccs1. The predicted octanol–water partition coefficient (Wildman–Crippen LogP) is 3.61. The molecular formula is C18H24N2O3S2. The Labute approximate surface area is 153 Å². The van der Waals surface area contributed by atoms with E-state index in [9.17, 15) is 13.2 Å². The number of nitrogens with one attached hydrogen (secondary N) is 2. The molecule has 0 fully saturated rings. The zero-order chi connectivity index (χ0) is 18.3. The summed E-state index contributed by atoms with van der Waals surface area (Å²) in [5, 5.41) is 6.38. The van der Waals surface area contributed by atoms with Crippen LogP contribution in [-0.2, 0) is 9.84 Å². The number of urea groups is 1. The zero-order valence-electron chi connectivity index (χ0n) is 14.4. The van der Waals surface area contributed by atoms with Gasteiger partial charge >= 0.3 is 6.03 Å². The van der Waals surface area contributed by atoms with Crippen molar-refractivity contribution in [2.45, 2.75) is 29.7 Å². The highest BCUT2D eigenvalue weighted by Crippen LogP contribution is 2.30. The van der Waals surface area contributed by atoms with E-state index < -0.39 is 15.1 Å². The standard InChI is InChI=1S/C18H24N2O3S2/c1-14(2)10-11-19-18(21)20-13-16(15-7-4-3-5-8-15)25(22,23)17-9-6-12-24-17/h3-9,12,14,16H,10-11,13H2,1-2H3,(H2,19,20,21). The van der Waals surface area contributed by atoms with Crippen LogP contribution < -0.4 is 10.6 Å². The number of benzene rings is 1. The van der Waals surface area contributed by atoms with Gasteiger partial charge in [-0.2, -0.15) is 0 Å². The molecule has 7 heteroatoms. The second-order valence-corrected chi connectivity index (χ2v) is 9.50. The molecule has 0 bridgehead atoms. The van der Waals surface area contributed by atoms with Crippen LogP contribution in [-0.4, -0.2) is 27.5 Å². The van der Waals surface area contributed by atoms with Crippen molar-refractivity contribution in [2.24, 2.45) is 5.92 Å². The molecule has 0 radical (unpaired) electrons. The third-order valence-electron chi connectivity index (χ3n) is 3.78. The fourth-order valence-electron chi connectivity index (χ4n) is 2.36. The molecule has 1 atom stereocenters. The molecule has 2 aromatic rings. The smallest absolute Gasteiger partial charge is 0.314 e. The van der Waals surface area contributed by atoms with Crippen LogP contribution in [0.15, 0.2) is 52.1 Å². The minimum atomic E-state index is -3.56. The average Bonchev–Trinajstić information content (AvgIpc) is 3.11. The van der Waals surface area contributed by atoms with E-state index in [1.54, 1.807) is 41.8 Å². The summed E-state index contributed by atoms with van der Waals surface area (Å²) in [7, 11) is -3.56. The van der Waals surface area contributed by atoms with E-state index in [0.29, 0.717) is 22.2 Å². The maximum atomic E-state index is 12.9. The van der Waals surface area contributed by atoms with Gasteiger partial charge in [-0.15, -0.1) is 11.3 Å². The lowest BCUT2D eigenvalue weighted by molar-refractivity contribution is 0.240. The van der Waals surface area contributed by atoms with Crippen molar-refractivity contribution in [3.8, 4) is 0 Å². The van der Waals surface area contributed by atoms with Crippen LogP contribution in [0, 0.1) is 5.92 Å². The highest BCUT2D eigenvalue weighted by atomic mass is 32.2. The van der Waals surface area contributed by atoms with E-state index in [-0.39, 0.29) is 12.6 Å². The molecule has 0 spiro atoms. The fourth-order valence-corrected chi connectivity index (χ4v) is 5.23. The second kappa shape index (κ2) is 9.01. The summed E-state index contributed by atoms with van der Waals surface area (Å²) in [6.45, 7) is 4.76. The maximum absolute atomic E-state index is 12.9. The van der Waals surface area contributed by atoms with Gasteiger partial charge in [-0.05, 0) is 29.3 Å². The molecule has 1 aromatic carbocycles. The molecule has 1 unspecified atom stereocenters. The lowest BCUT2D eigenvalue weighted by Gasteiger charge is -2.18. The molecular weight excluding hydrogens is 356 g/mol. The van der Waals surface area contributed by atoms with Gasteiger partial charge in [0.15, 0.2) is 9.84 Å². The molecule has 1 heterocycles. The van der Waals surface area contributed by atoms with Crippen LogP contribution in [0.1, 0.15) is 31.1 Å². The first-order chi connectivity index (χ1) is 11.9. The molecule has 0 aliphatic rings. The van der Waals surface area contributed by atoms with Gasteiger partial charge in [0.2, 0.25) is 0 Å². The molecule has 1 aromatic heterocycles. The molecule has 25 heavy (non-hydrogen) atoms. The topological polar surface area (TPSA) is 75.3 Å². The van der Waals surface area contributed by atoms with Gasteiger partial charge in [-0.3, -0.25) is 0 Å². The Kier molecular flexibility index (Phi) is 7.01. The van der Waals surface area contributed by atoms with Crippen molar-refractivity contribution in [3.05, 3.63) is 53.4 Å². The van der Waals surface area contributed by atoms with Gasteiger partial charge in [0, 0.05) is 13.1 Å². The third-order valence-corrected chi connectivity index (χ3v) is 7.31. The first-order valence-corrected chi connectivity index (χ1v) is 10.7. The molecule has 0 saturated carbocycles. The summed E-state index contributed by atoms with van der Waals surface area (Å²) in [5.74, 6) is 0.497. The number of hydrogen-bond donors (Lipinski definition) is 2. The highest BCUT2D eigenvalue weighted by Gasteiger charge is 2.30. The maximum Gasteiger partial charge on any atom is 0.314 e. The van der Waals surface area contributed by atoms with Gasteiger partial charge in [0.1, 0.15) is 9.46 Å². The van der Waals surface area contributed by atoms with Crippen molar-refractivity contribution in [3.63, 3.8) is 0 Å². The van der Waals surface area contributed by atoms with Gasteiger partial charge < -0.3 is 10.6 Å². The lowest BCUT2D eigenvalue weighted by Crippen LogP contribution is -2.39. The Morgan fingerprint density at radius 3 is 2.40 bits per heavy atom. The van der Waals surface area contributed by atoms with Crippen LogP contribution in [0.5, 0.6) is 0 Å². The molecule has 0 aliphatic carbocycles. The number of sulfone groups is 1. The monoisotopic (exact) mass is 380 g/mol. The predicted molar refractivity (Wildman–Crippen MR) is 102 cm³/mol. The van der Waals surface area contributed by atoms with Crippen LogP contribution in [0.25, 0.3) is 0 Å². The summed E-state index contributed by atoms with van der Waals surface area (Å²) in [6, 6.07) is 11.9. The summed E-state index contributed by atoms with van der Waals surface area (Å²) < 4.78 is 26.2. The zero-order valence-corrected chi connectivity index (χ0v) is 16.1. The van der Waals surface area contributed by atoms with Crippen LogP contribution in [0.3, 0.4) is 0 Å². The van der Waals surface area contributed by atoms with Gasteiger partial charge in [0.25, 0.3) is 0 Å². The van der Waals surface area contributed by atoms with Gasteiger partial charge in [0.05, 0.1) is 0 Å². The molecule has 0 aliphatic heterocycles. The molecule has 2 amide bonds. The Morgan fingerprint density at radius 2 is 1.80 bits per heavy atom. The molecule has 136 valence electrons. The normalized spacial score (nSPS) is 12.8. The van der Waals surface area contributed by atoms with Crippen molar-refractivity contribution in [1.82, 2.24) is 10.6 Å². The molecule has 0 saturated heterocycles. The first kappa shape index (κ1) is 19.5. The Bertz CT molecular complexity index is 757. The van der Waals surface area contributed by atoms with Gasteiger partial charge in [-0.1, -0.05) is 50.2 Å². The van der Waals surface area contributed by atoms with Crippen molar-refractivity contribution in [2.75, 3.05) is 13.1 Å². The summed E-state index contributed by atoms with van der Waals surface area (Å²) in [4.78, 5) is 12.0. The quantitative estimate of drug-likeness (QED) is 0.735. The minimum absolute atomic E-state index is 0.0256. The Morgan fingerprint density at radius 1 is 1.08 bits per heavy atom.